The number of hydrogen-bond donors (Lipinski definition) is 0. The molecular weight excluding hydrogens is 160 g/mol. The van der Waals surface area contributed by atoms with Crippen LogP contribution in [0.4, 0.5) is 0 Å². The molecule has 2 rings (SSSR count). The van der Waals surface area contributed by atoms with Crippen molar-refractivity contribution in [1.29, 1.82) is 0 Å². The molecule has 0 aromatic carbocycles. The lowest BCUT2D eigenvalue weighted by Crippen LogP contribution is -2.65. The van der Waals surface area contributed by atoms with E-state index in [9.17, 15) is 0 Å². The smallest absolute Gasteiger partial charge is 0.0378 e. The molecule has 0 N–H and O–H groups in total. The van der Waals surface area contributed by atoms with Crippen LogP contribution in [-0.4, -0.2) is 48.1 Å². The third-order valence-electron chi connectivity index (χ3n) is 3.81. The highest BCUT2D eigenvalue weighted by molar-refractivity contribution is 4.98. The summed E-state index contributed by atoms with van der Waals surface area (Å²) in [5.74, 6) is 0. The molecule has 2 aliphatic rings. The molecule has 2 heteroatoms. The van der Waals surface area contributed by atoms with Crippen molar-refractivity contribution in [2.24, 2.45) is 0 Å². The van der Waals surface area contributed by atoms with Gasteiger partial charge in [0.1, 0.15) is 0 Å². The van der Waals surface area contributed by atoms with Gasteiger partial charge in [0.05, 0.1) is 0 Å². The highest BCUT2D eigenvalue weighted by Gasteiger charge is 2.41. The molecule has 2 unspecified atom stereocenters. The van der Waals surface area contributed by atoms with Crippen LogP contribution in [0.1, 0.15) is 33.1 Å². The van der Waals surface area contributed by atoms with Gasteiger partial charge in [-0.3, -0.25) is 9.80 Å². The van der Waals surface area contributed by atoms with Crippen LogP contribution in [0, 0.1) is 0 Å². The first-order chi connectivity index (χ1) is 6.36. The summed E-state index contributed by atoms with van der Waals surface area (Å²) in [6.07, 6.45) is 4.29. The fourth-order valence-electron chi connectivity index (χ4n) is 2.93. The molecule has 2 saturated heterocycles. The Morgan fingerprint density at radius 3 is 2.46 bits per heavy atom. The van der Waals surface area contributed by atoms with E-state index in [-0.39, 0.29) is 0 Å². The van der Waals surface area contributed by atoms with Gasteiger partial charge in [0.15, 0.2) is 0 Å². The van der Waals surface area contributed by atoms with E-state index in [1.165, 1.54) is 45.4 Å². The molecule has 2 fully saturated rings. The largest absolute Gasteiger partial charge is 0.298 e. The fraction of sp³-hybridized carbons (Fsp3) is 1.00. The van der Waals surface area contributed by atoms with Crippen molar-refractivity contribution in [3.63, 3.8) is 0 Å². The Labute approximate surface area is 81.9 Å². The Morgan fingerprint density at radius 1 is 1.00 bits per heavy atom. The Balaban J connectivity index is 1.97. The molecule has 0 aromatic rings. The Kier molecular flexibility index (Phi) is 2.89. The highest BCUT2D eigenvalue weighted by atomic mass is 15.3. The lowest BCUT2D eigenvalue weighted by Gasteiger charge is -2.51. The van der Waals surface area contributed by atoms with Gasteiger partial charge in [-0.1, -0.05) is 20.3 Å². The van der Waals surface area contributed by atoms with E-state index >= 15 is 0 Å². The Bertz CT molecular complexity index is 169. The summed E-state index contributed by atoms with van der Waals surface area (Å²) in [6, 6.07) is 1.79. The van der Waals surface area contributed by atoms with Crippen molar-refractivity contribution in [3.05, 3.63) is 0 Å². The lowest BCUT2D eigenvalue weighted by molar-refractivity contribution is -0.0169. The number of fused-ring (bicyclic) bond motifs is 1. The highest BCUT2D eigenvalue weighted by Crippen LogP contribution is 2.29. The number of rotatable bonds is 2. The molecule has 76 valence electrons. The number of nitrogens with zero attached hydrogens (tertiary/aromatic N) is 2. The summed E-state index contributed by atoms with van der Waals surface area (Å²) >= 11 is 0. The van der Waals surface area contributed by atoms with Crippen LogP contribution in [0.2, 0.25) is 0 Å². The van der Waals surface area contributed by atoms with E-state index in [2.05, 4.69) is 23.6 Å². The van der Waals surface area contributed by atoms with Gasteiger partial charge >= 0.3 is 0 Å². The predicted molar refractivity (Wildman–Crippen MR) is 55.9 cm³/mol. The van der Waals surface area contributed by atoms with E-state index < -0.39 is 0 Å². The topological polar surface area (TPSA) is 6.48 Å². The molecule has 0 radical (unpaired) electrons. The molecule has 0 aliphatic carbocycles. The first-order valence-electron chi connectivity index (χ1n) is 5.85. The van der Waals surface area contributed by atoms with Gasteiger partial charge in [-0.2, -0.15) is 0 Å². The molecule has 2 atom stereocenters. The van der Waals surface area contributed by atoms with Crippen LogP contribution in [0.5, 0.6) is 0 Å². The van der Waals surface area contributed by atoms with Crippen molar-refractivity contribution in [1.82, 2.24) is 9.80 Å². The molecule has 0 spiro atoms. The molecule has 0 bridgehead atoms. The normalized spacial score (nSPS) is 36.5. The first-order valence-corrected chi connectivity index (χ1v) is 5.85. The Morgan fingerprint density at radius 2 is 1.77 bits per heavy atom. The molecule has 0 saturated carbocycles. The number of likely N-dealkylation sites (N-methyl/N-ethyl adjacent to an activating group) is 2. The van der Waals surface area contributed by atoms with Crippen molar-refractivity contribution in [3.8, 4) is 0 Å². The van der Waals surface area contributed by atoms with E-state index in [0.717, 1.165) is 12.1 Å². The van der Waals surface area contributed by atoms with Crippen LogP contribution in [0.15, 0.2) is 0 Å². The molecule has 2 aliphatic heterocycles. The first kappa shape index (κ1) is 9.47. The molecule has 2 nitrogen and oxygen atoms in total. The van der Waals surface area contributed by atoms with Gasteiger partial charge in [-0.15, -0.1) is 0 Å². The average Bonchev–Trinajstić information content (AvgIpc) is 2.27. The monoisotopic (exact) mass is 182 g/mol. The van der Waals surface area contributed by atoms with Gasteiger partial charge < -0.3 is 0 Å². The second-order valence-electron chi connectivity index (χ2n) is 4.35. The van der Waals surface area contributed by atoms with Crippen molar-refractivity contribution >= 4 is 0 Å². The predicted octanol–water partition coefficient (Wildman–Crippen LogP) is 1.56. The average molecular weight is 182 g/mol. The van der Waals surface area contributed by atoms with Crippen molar-refractivity contribution < 1.29 is 0 Å². The van der Waals surface area contributed by atoms with Gasteiger partial charge in [0.25, 0.3) is 0 Å². The third-order valence-corrected chi connectivity index (χ3v) is 3.81. The standard InChI is InChI=1S/C11H22N2/c1-3-12-8-6-5-7-10-11(12)9-13(10)4-2/h10-11H,3-9H2,1-2H3. The minimum absolute atomic E-state index is 0.896. The summed E-state index contributed by atoms with van der Waals surface area (Å²) in [7, 11) is 0. The maximum atomic E-state index is 2.68. The van der Waals surface area contributed by atoms with Gasteiger partial charge in [-0.05, 0) is 32.5 Å². The minimum Gasteiger partial charge on any atom is -0.298 e. The molecule has 2 heterocycles. The summed E-state index contributed by atoms with van der Waals surface area (Å²) < 4.78 is 0. The van der Waals surface area contributed by atoms with Crippen LogP contribution in [-0.2, 0) is 0 Å². The Hall–Kier alpha value is -0.0800. The third kappa shape index (κ3) is 1.62. The van der Waals surface area contributed by atoms with E-state index in [1.54, 1.807) is 0 Å². The van der Waals surface area contributed by atoms with Crippen LogP contribution in [0.25, 0.3) is 0 Å². The van der Waals surface area contributed by atoms with E-state index in [4.69, 9.17) is 0 Å². The quantitative estimate of drug-likeness (QED) is 0.639. The van der Waals surface area contributed by atoms with Crippen LogP contribution < -0.4 is 0 Å². The molecule has 0 aromatic heterocycles. The maximum Gasteiger partial charge on any atom is 0.0378 e. The number of hydrogen-bond acceptors (Lipinski definition) is 2. The molecule has 0 amide bonds. The number of likely N-dealkylation sites (tertiary alicyclic amines) is 2. The van der Waals surface area contributed by atoms with E-state index in [1.807, 2.05) is 0 Å². The second kappa shape index (κ2) is 3.97. The summed E-state index contributed by atoms with van der Waals surface area (Å²) in [5.41, 5.74) is 0. The van der Waals surface area contributed by atoms with Gasteiger partial charge in [0, 0.05) is 18.6 Å². The maximum absolute atomic E-state index is 2.68. The minimum atomic E-state index is 0.896. The summed E-state index contributed by atoms with van der Waals surface area (Å²) in [4.78, 5) is 5.32. The molecular formula is C11H22N2. The molecule has 13 heavy (non-hydrogen) atoms. The van der Waals surface area contributed by atoms with Crippen LogP contribution >= 0.6 is 0 Å². The SMILES string of the molecule is CCN1CCCCC2C1CN2CC. The van der Waals surface area contributed by atoms with E-state index in [0.29, 0.717) is 0 Å². The fourth-order valence-corrected chi connectivity index (χ4v) is 2.93. The van der Waals surface area contributed by atoms with Crippen molar-refractivity contribution in [2.75, 3.05) is 26.2 Å². The summed E-state index contributed by atoms with van der Waals surface area (Å²) in [6.45, 7) is 9.76. The summed E-state index contributed by atoms with van der Waals surface area (Å²) in [5, 5.41) is 0. The zero-order chi connectivity index (χ0) is 9.26. The van der Waals surface area contributed by atoms with Gasteiger partial charge in [-0.25, -0.2) is 0 Å². The van der Waals surface area contributed by atoms with Gasteiger partial charge in [0.2, 0.25) is 0 Å². The zero-order valence-electron chi connectivity index (χ0n) is 9.00. The lowest BCUT2D eigenvalue weighted by atomic mass is 9.92. The van der Waals surface area contributed by atoms with Crippen LogP contribution in [0.3, 0.4) is 0 Å². The zero-order valence-corrected chi connectivity index (χ0v) is 9.00. The van der Waals surface area contributed by atoms with Crippen molar-refractivity contribution in [2.45, 2.75) is 45.2 Å². The second-order valence-corrected chi connectivity index (χ2v) is 4.35.